The van der Waals surface area contributed by atoms with Gasteiger partial charge in [0.25, 0.3) is 5.91 Å². The molecule has 4 heteroatoms. The maximum absolute atomic E-state index is 13.4. The zero-order valence-corrected chi connectivity index (χ0v) is 15.7. The van der Waals surface area contributed by atoms with E-state index in [1.54, 1.807) is 0 Å². The molecule has 2 aromatic rings. The van der Waals surface area contributed by atoms with Crippen molar-refractivity contribution in [2.45, 2.75) is 51.1 Å². The first-order valence-corrected chi connectivity index (χ1v) is 10.1. The summed E-state index contributed by atoms with van der Waals surface area (Å²) in [5.74, 6) is 1.50. The minimum Gasteiger partial charge on any atom is -0.490 e. The number of carbonyl (C=O) groups is 1. The van der Waals surface area contributed by atoms with E-state index in [1.165, 1.54) is 24.8 Å². The number of nitrogens with zero attached hydrogens (tertiary/aromatic N) is 1. The van der Waals surface area contributed by atoms with Gasteiger partial charge in [0.1, 0.15) is 0 Å². The summed E-state index contributed by atoms with van der Waals surface area (Å²) in [5.41, 5.74) is 1.85. The van der Waals surface area contributed by atoms with Crippen LogP contribution in [0.15, 0.2) is 48.5 Å². The van der Waals surface area contributed by atoms with Crippen molar-refractivity contribution in [2.75, 3.05) is 13.2 Å². The number of hydrogen-bond donors (Lipinski definition) is 0. The summed E-state index contributed by atoms with van der Waals surface area (Å²) < 4.78 is 11.5. The highest BCUT2D eigenvalue weighted by atomic mass is 16.5. The van der Waals surface area contributed by atoms with E-state index in [-0.39, 0.29) is 5.91 Å². The summed E-state index contributed by atoms with van der Waals surface area (Å²) in [6.45, 7) is 1.93. The van der Waals surface area contributed by atoms with Gasteiger partial charge in [-0.05, 0) is 36.6 Å². The molecule has 0 atom stereocenters. The van der Waals surface area contributed by atoms with Crippen LogP contribution in [-0.2, 0) is 6.54 Å². The zero-order chi connectivity index (χ0) is 18.5. The van der Waals surface area contributed by atoms with Crippen LogP contribution >= 0.6 is 0 Å². The molecule has 1 aliphatic carbocycles. The average Bonchev–Trinajstić information content (AvgIpc) is 2.98. The molecule has 0 bridgehead atoms. The van der Waals surface area contributed by atoms with Crippen LogP contribution in [-0.4, -0.2) is 30.1 Å². The standard InChI is InChI=1S/C23H27NO3/c25-23(19-12-13-21-22(16-19)27-15-7-14-26-21)24(20-10-5-2-6-11-20)17-18-8-3-1-4-9-18/h1,3-4,8-9,12-13,16,20H,2,5-7,10-11,14-15,17H2. The lowest BCUT2D eigenvalue weighted by Gasteiger charge is -2.34. The molecule has 1 saturated carbocycles. The molecule has 0 N–H and O–H groups in total. The number of hydrogen-bond acceptors (Lipinski definition) is 3. The van der Waals surface area contributed by atoms with E-state index < -0.39 is 0 Å². The maximum atomic E-state index is 13.4. The molecule has 0 aromatic heterocycles. The van der Waals surface area contributed by atoms with Gasteiger partial charge in [0.15, 0.2) is 11.5 Å². The van der Waals surface area contributed by atoms with Crippen molar-refractivity contribution in [3.63, 3.8) is 0 Å². The van der Waals surface area contributed by atoms with Gasteiger partial charge in [0.2, 0.25) is 0 Å². The van der Waals surface area contributed by atoms with E-state index in [4.69, 9.17) is 9.47 Å². The minimum absolute atomic E-state index is 0.0846. The van der Waals surface area contributed by atoms with Crippen molar-refractivity contribution in [2.24, 2.45) is 0 Å². The van der Waals surface area contributed by atoms with Crippen LogP contribution in [0.25, 0.3) is 0 Å². The largest absolute Gasteiger partial charge is 0.490 e. The van der Waals surface area contributed by atoms with Gasteiger partial charge in [-0.1, -0.05) is 49.6 Å². The molecule has 1 heterocycles. The van der Waals surface area contributed by atoms with Gasteiger partial charge in [-0.3, -0.25) is 4.79 Å². The Morgan fingerprint density at radius 2 is 1.63 bits per heavy atom. The van der Waals surface area contributed by atoms with Gasteiger partial charge in [-0.15, -0.1) is 0 Å². The van der Waals surface area contributed by atoms with Crippen LogP contribution < -0.4 is 9.47 Å². The highest BCUT2D eigenvalue weighted by Gasteiger charge is 2.27. The summed E-state index contributed by atoms with van der Waals surface area (Å²) in [6, 6.07) is 16.2. The topological polar surface area (TPSA) is 38.8 Å². The maximum Gasteiger partial charge on any atom is 0.254 e. The third-order valence-electron chi connectivity index (χ3n) is 5.47. The van der Waals surface area contributed by atoms with Crippen molar-refractivity contribution < 1.29 is 14.3 Å². The fourth-order valence-electron chi connectivity index (χ4n) is 4.00. The fourth-order valence-corrected chi connectivity index (χ4v) is 4.00. The lowest BCUT2D eigenvalue weighted by atomic mass is 9.93. The van der Waals surface area contributed by atoms with Crippen LogP contribution in [0.5, 0.6) is 11.5 Å². The second-order valence-corrected chi connectivity index (χ2v) is 7.42. The first-order chi connectivity index (χ1) is 13.3. The third kappa shape index (κ3) is 4.26. The van der Waals surface area contributed by atoms with E-state index in [2.05, 4.69) is 17.0 Å². The summed E-state index contributed by atoms with van der Waals surface area (Å²) in [7, 11) is 0. The molecule has 1 fully saturated rings. The summed E-state index contributed by atoms with van der Waals surface area (Å²) in [6.07, 6.45) is 6.70. The summed E-state index contributed by atoms with van der Waals surface area (Å²) in [4.78, 5) is 15.5. The Morgan fingerprint density at radius 3 is 2.41 bits per heavy atom. The van der Waals surface area contributed by atoms with E-state index in [9.17, 15) is 4.79 Å². The predicted molar refractivity (Wildman–Crippen MR) is 105 cm³/mol. The highest BCUT2D eigenvalue weighted by Crippen LogP contribution is 2.32. The molecule has 27 heavy (non-hydrogen) atoms. The molecule has 0 unspecified atom stereocenters. The van der Waals surface area contributed by atoms with E-state index in [1.807, 2.05) is 36.4 Å². The van der Waals surface area contributed by atoms with Crippen molar-refractivity contribution >= 4 is 5.91 Å². The molecular formula is C23H27NO3. The Balaban J connectivity index is 1.60. The van der Waals surface area contributed by atoms with Gasteiger partial charge in [-0.25, -0.2) is 0 Å². The van der Waals surface area contributed by atoms with E-state index in [0.717, 1.165) is 25.0 Å². The monoisotopic (exact) mass is 365 g/mol. The predicted octanol–water partition coefficient (Wildman–Crippen LogP) is 4.82. The first-order valence-electron chi connectivity index (χ1n) is 10.1. The normalized spacial score (nSPS) is 17.2. The Kier molecular flexibility index (Phi) is 5.61. The SMILES string of the molecule is O=C(c1ccc2c(c1)OCCCO2)N(Cc1ccccc1)C1CCCCC1. The van der Waals surface area contributed by atoms with Crippen LogP contribution in [0.3, 0.4) is 0 Å². The molecule has 0 saturated heterocycles. The van der Waals surface area contributed by atoms with Gasteiger partial charge >= 0.3 is 0 Å². The Labute approximate surface area is 161 Å². The lowest BCUT2D eigenvalue weighted by Crippen LogP contribution is -2.41. The Morgan fingerprint density at radius 1 is 0.889 bits per heavy atom. The minimum atomic E-state index is 0.0846. The number of amides is 1. The van der Waals surface area contributed by atoms with Gasteiger partial charge in [-0.2, -0.15) is 0 Å². The fraction of sp³-hybridized carbons (Fsp3) is 0.435. The van der Waals surface area contributed by atoms with Crippen LogP contribution in [0.1, 0.15) is 54.4 Å². The number of fused-ring (bicyclic) bond motifs is 1. The van der Waals surface area contributed by atoms with Gasteiger partial charge < -0.3 is 14.4 Å². The second kappa shape index (κ2) is 8.47. The number of ether oxygens (including phenoxy) is 2. The van der Waals surface area contributed by atoms with E-state index in [0.29, 0.717) is 37.1 Å². The van der Waals surface area contributed by atoms with Crippen molar-refractivity contribution in [1.29, 1.82) is 0 Å². The van der Waals surface area contributed by atoms with Crippen LogP contribution in [0.4, 0.5) is 0 Å². The van der Waals surface area contributed by atoms with Crippen molar-refractivity contribution in [1.82, 2.24) is 4.90 Å². The number of rotatable bonds is 4. The molecule has 2 aromatic carbocycles. The molecule has 0 spiro atoms. The van der Waals surface area contributed by atoms with Crippen molar-refractivity contribution in [3.8, 4) is 11.5 Å². The molecule has 1 amide bonds. The Bertz CT molecular complexity index is 768. The lowest BCUT2D eigenvalue weighted by molar-refractivity contribution is 0.0614. The molecule has 4 nitrogen and oxygen atoms in total. The summed E-state index contributed by atoms with van der Waals surface area (Å²) >= 11 is 0. The summed E-state index contributed by atoms with van der Waals surface area (Å²) in [5, 5.41) is 0. The second-order valence-electron chi connectivity index (χ2n) is 7.42. The molecule has 0 radical (unpaired) electrons. The highest BCUT2D eigenvalue weighted by molar-refractivity contribution is 5.95. The van der Waals surface area contributed by atoms with E-state index >= 15 is 0 Å². The smallest absolute Gasteiger partial charge is 0.254 e. The first kappa shape index (κ1) is 17.9. The van der Waals surface area contributed by atoms with Crippen LogP contribution in [0.2, 0.25) is 0 Å². The van der Waals surface area contributed by atoms with Gasteiger partial charge in [0, 0.05) is 24.6 Å². The zero-order valence-electron chi connectivity index (χ0n) is 15.7. The van der Waals surface area contributed by atoms with Crippen molar-refractivity contribution in [3.05, 3.63) is 59.7 Å². The van der Waals surface area contributed by atoms with Crippen LogP contribution in [0, 0.1) is 0 Å². The molecule has 2 aliphatic rings. The number of carbonyl (C=O) groups excluding carboxylic acids is 1. The molecule has 142 valence electrons. The van der Waals surface area contributed by atoms with Gasteiger partial charge in [0.05, 0.1) is 13.2 Å². The molecule has 4 rings (SSSR count). The Hall–Kier alpha value is -2.49. The number of benzene rings is 2. The average molecular weight is 365 g/mol. The quantitative estimate of drug-likeness (QED) is 0.779. The molecule has 1 aliphatic heterocycles. The molecular weight excluding hydrogens is 338 g/mol. The third-order valence-corrected chi connectivity index (χ3v) is 5.47.